The van der Waals surface area contributed by atoms with Gasteiger partial charge in [0.15, 0.2) is 0 Å². The van der Waals surface area contributed by atoms with Crippen LogP contribution in [-0.4, -0.2) is 30.5 Å². The van der Waals surface area contributed by atoms with Crippen LogP contribution in [0.2, 0.25) is 0 Å². The zero-order valence-electron chi connectivity index (χ0n) is 16.8. The summed E-state index contributed by atoms with van der Waals surface area (Å²) in [5, 5.41) is 6.43. The second-order valence-electron chi connectivity index (χ2n) is 9.33. The van der Waals surface area contributed by atoms with Gasteiger partial charge in [0.1, 0.15) is 5.75 Å². The number of nitrogens with one attached hydrogen (secondary N) is 2. The highest BCUT2D eigenvalue weighted by atomic mass is 16.5. The molecule has 4 aliphatic carbocycles. The summed E-state index contributed by atoms with van der Waals surface area (Å²) < 4.78 is 5.71. The van der Waals surface area contributed by atoms with Gasteiger partial charge in [-0.05, 0) is 75.3 Å². The number of benzene rings is 1. The van der Waals surface area contributed by atoms with Crippen LogP contribution in [0.4, 0.5) is 0 Å². The SMILES string of the molecule is CC(=O)NC12CC3CC(C1)CC(C(=O)NCCCCOc1ccccc1)(C3)C2. The van der Waals surface area contributed by atoms with Crippen molar-refractivity contribution >= 4 is 11.8 Å². The van der Waals surface area contributed by atoms with Gasteiger partial charge in [-0.2, -0.15) is 0 Å². The first-order valence-electron chi connectivity index (χ1n) is 10.7. The number of para-hydroxylation sites is 1. The fraction of sp³-hybridized carbons (Fsp3) is 0.652. The Hall–Kier alpha value is -2.04. The van der Waals surface area contributed by atoms with Crippen LogP contribution in [-0.2, 0) is 9.59 Å². The normalized spacial score (nSPS) is 32.8. The fourth-order valence-corrected chi connectivity index (χ4v) is 6.37. The molecule has 2 amide bonds. The van der Waals surface area contributed by atoms with Gasteiger partial charge in [0, 0.05) is 19.0 Å². The molecule has 2 N–H and O–H groups in total. The molecular formula is C23H32N2O3. The summed E-state index contributed by atoms with van der Waals surface area (Å²) in [6, 6.07) is 9.83. The lowest BCUT2D eigenvalue weighted by Crippen LogP contribution is -2.65. The van der Waals surface area contributed by atoms with Gasteiger partial charge in [-0.25, -0.2) is 0 Å². The molecule has 4 bridgehead atoms. The highest BCUT2D eigenvalue weighted by Gasteiger charge is 2.60. The highest BCUT2D eigenvalue weighted by molar-refractivity contribution is 5.84. The summed E-state index contributed by atoms with van der Waals surface area (Å²) in [5.41, 5.74) is -0.413. The molecule has 152 valence electrons. The van der Waals surface area contributed by atoms with Crippen molar-refractivity contribution in [1.29, 1.82) is 0 Å². The van der Waals surface area contributed by atoms with Crippen LogP contribution in [0.15, 0.2) is 30.3 Å². The average Bonchev–Trinajstić information content (AvgIpc) is 2.63. The zero-order valence-corrected chi connectivity index (χ0v) is 16.8. The van der Waals surface area contributed by atoms with E-state index in [1.165, 1.54) is 6.42 Å². The van der Waals surface area contributed by atoms with Crippen LogP contribution in [0, 0.1) is 17.3 Å². The Bertz CT molecular complexity index is 704. The minimum absolute atomic E-state index is 0.0379. The monoisotopic (exact) mass is 384 g/mol. The van der Waals surface area contributed by atoms with E-state index >= 15 is 0 Å². The molecule has 28 heavy (non-hydrogen) atoms. The van der Waals surface area contributed by atoms with Crippen molar-refractivity contribution in [2.24, 2.45) is 17.3 Å². The molecule has 0 heterocycles. The van der Waals surface area contributed by atoms with E-state index in [2.05, 4.69) is 10.6 Å². The van der Waals surface area contributed by atoms with Crippen molar-refractivity contribution in [2.45, 2.75) is 63.8 Å². The third kappa shape index (κ3) is 4.03. The molecule has 4 fully saturated rings. The maximum Gasteiger partial charge on any atom is 0.226 e. The van der Waals surface area contributed by atoms with Gasteiger partial charge in [-0.1, -0.05) is 18.2 Å². The highest BCUT2D eigenvalue weighted by Crippen LogP contribution is 2.61. The molecule has 0 radical (unpaired) electrons. The van der Waals surface area contributed by atoms with Gasteiger partial charge in [0.2, 0.25) is 11.8 Å². The number of carbonyl (C=O) groups is 2. The minimum atomic E-state index is -0.271. The van der Waals surface area contributed by atoms with Crippen molar-refractivity contribution < 1.29 is 14.3 Å². The number of hydrogen-bond acceptors (Lipinski definition) is 3. The zero-order chi connectivity index (χ0) is 19.6. The molecule has 1 aromatic rings. The summed E-state index contributed by atoms with van der Waals surface area (Å²) in [6.45, 7) is 2.96. The second-order valence-corrected chi connectivity index (χ2v) is 9.33. The van der Waals surface area contributed by atoms with Crippen LogP contribution in [0.5, 0.6) is 5.75 Å². The largest absolute Gasteiger partial charge is 0.494 e. The number of ether oxygens (including phenoxy) is 1. The Morgan fingerprint density at radius 3 is 2.46 bits per heavy atom. The molecule has 5 heteroatoms. The van der Waals surface area contributed by atoms with E-state index < -0.39 is 0 Å². The van der Waals surface area contributed by atoms with Gasteiger partial charge >= 0.3 is 0 Å². The maximum atomic E-state index is 13.1. The number of amides is 2. The Kier molecular flexibility index (Phi) is 5.35. The Balaban J connectivity index is 1.26. The van der Waals surface area contributed by atoms with Crippen molar-refractivity contribution in [1.82, 2.24) is 10.6 Å². The lowest BCUT2D eigenvalue weighted by Gasteiger charge is -2.61. The Labute approximate surface area is 167 Å². The van der Waals surface area contributed by atoms with Gasteiger partial charge in [0.05, 0.1) is 12.0 Å². The van der Waals surface area contributed by atoms with Crippen LogP contribution in [0.3, 0.4) is 0 Å². The molecule has 0 aromatic heterocycles. The number of hydrogen-bond donors (Lipinski definition) is 2. The van der Waals surface area contributed by atoms with E-state index in [0.29, 0.717) is 25.0 Å². The first-order valence-corrected chi connectivity index (χ1v) is 10.7. The lowest BCUT2D eigenvalue weighted by molar-refractivity contribution is -0.153. The summed E-state index contributed by atoms with van der Waals surface area (Å²) in [5.74, 6) is 2.30. The van der Waals surface area contributed by atoms with Crippen molar-refractivity contribution in [3.8, 4) is 5.75 Å². The molecule has 4 saturated carbocycles. The van der Waals surface area contributed by atoms with Crippen molar-refractivity contribution in [2.75, 3.05) is 13.2 Å². The van der Waals surface area contributed by atoms with E-state index in [0.717, 1.165) is 50.7 Å². The first kappa shape index (κ1) is 19.3. The fourth-order valence-electron chi connectivity index (χ4n) is 6.37. The lowest BCUT2D eigenvalue weighted by atomic mass is 9.46. The predicted molar refractivity (Wildman–Crippen MR) is 108 cm³/mol. The van der Waals surface area contributed by atoms with Crippen LogP contribution in [0.25, 0.3) is 0 Å². The number of unbranched alkanes of at least 4 members (excludes halogenated alkanes) is 1. The van der Waals surface area contributed by atoms with E-state index in [1.807, 2.05) is 30.3 Å². The van der Waals surface area contributed by atoms with Crippen molar-refractivity contribution in [3.05, 3.63) is 30.3 Å². The van der Waals surface area contributed by atoms with E-state index in [4.69, 9.17) is 4.74 Å². The van der Waals surface area contributed by atoms with E-state index in [-0.39, 0.29) is 22.8 Å². The van der Waals surface area contributed by atoms with Crippen LogP contribution < -0.4 is 15.4 Å². The second kappa shape index (κ2) is 7.76. The molecule has 2 atom stereocenters. The number of rotatable bonds is 8. The summed E-state index contributed by atoms with van der Waals surface area (Å²) in [4.78, 5) is 24.9. The molecule has 0 saturated heterocycles. The minimum Gasteiger partial charge on any atom is -0.494 e. The Morgan fingerprint density at radius 1 is 1.07 bits per heavy atom. The smallest absolute Gasteiger partial charge is 0.226 e. The molecule has 4 aliphatic rings. The first-order chi connectivity index (χ1) is 13.5. The van der Waals surface area contributed by atoms with Gasteiger partial charge in [0.25, 0.3) is 0 Å². The molecule has 2 unspecified atom stereocenters. The predicted octanol–water partition coefficient (Wildman–Crippen LogP) is 3.44. The molecule has 5 nitrogen and oxygen atoms in total. The molecule has 5 rings (SSSR count). The summed E-state index contributed by atoms with van der Waals surface area (Å²) in [6.07, 6.45) is 7.97. The standard InChI is InChI=1S/C23H32N2O3/c1-17(26)25-23-14-18-11-19(15-23)13-22(12-18,16-23)21(27)24-9-5-6-10-28-20-7-3-2-4-8-20/h2-4,7-8,18-19H,5-6,9-16H2,1H3,(H,24,27)(H,25,26). The third-order valence-electron chi connectivity index (χ3n) is 6.85. The van der Waals surface area contributed by atoms with E-state index in [9.17, 15) is 9.59 Å². The molecule has 1 aromatic carbocycles. The average molecular weight is 385 g/mol. The molecular weight excluding hydrogens is 352 g/mol. The quantitative estimate of drug-likeness (QED) is 0.675. The van der Waals surface area contributed by atoms with E-state index in [1.54, 1.807) is 6.92 Å². The maximum absolute atomic E-state index is 13.1. The summed E-state index contributed by atoms with van der Waals surface area (Å²) >= 11 is 0. The van der Waals surface area contributed by atoms with Crippen LogP contribution >= 0.6 is 0 Å². The number of carbonyl (C=O) groups excluding carboxylic acids is 2. The molecule has 0 aliphatic heterocycles. The summed E-state index contributed by atoms with van der Waals surface area (Å²) in [7, 11) is 0. The Morgan fingerprint density at radius 2 is 1.79 bits per heavy atom. The van der Waals surface area contributed by atoms with Crippen LogP contribution in [0.1, 0.15) is 58.3 Å². The van der Waals surface area contributed by atoms with Crippen molar-refractivity contribution in [3.63, 3.8) is 0 Å². The molecule has 0 spiro atoms. The third-order valence-corrected chi connectivity index (χ3v) is 6.85. The van der Waals surface area contributed by atoms with Gasteiger partial charge in [-0.3, -0.25) is 9.59 Å². The topological polar surface area (TPSA) is 67.4 Å². The van der Waals surface area contributed by atoms with Gasteiger partial charge < -0.3 is 15.4 Å². The van der Waals surface area contributed by atoms with Gasteiger partial charge in [-0.15, -0.1) is 0 Å².